The number of urea groups is 1. The summed E-state index contributed by atoms with van der Waals surface area (Å²) in [4.78, 5) is 36.1. The maximum absolute atomic E-state index is 13.8. The van der Waals surface area contributed by atoms with Crippen LogP contribution in [0.3, 0.4) is 0 Å². The highest BCUT2D eigenvalue weighted by atomic mass is 79.9. The van der Waals surface area contributed by atoms with Gasteiger partial charge in [0.05, 0.1) is 0 Å². The molecule has 0 fully saturated rings. The molecule has 0 aliphatic carbocycles. The van der Waals surface area contributed by atoms with Gasteiger partial charge < -0.3 is 10.3 Å². The van der Waals surface area contributed by atoms with Crippen LogP contribution in [0.4, 0.5) is 16.2 Å². The number of hydrogen-bond donors (Lipinski definition) is 2. The molecule has 2 aromatic carbocycles. The third-order valence-electron chi connectivity index (χ3n) is 5.95. The highest BCUT2D eigenvalue weighted by molar-refractivity contribution is 9.10. The lowest BCUT2D eigenvalue weighted by Gasteiger charge is -2.26. The monoisotopic (exact) mass is 532 g/mol. The molecule has 0 saturated heterocycles. The second-order valence-corrected chi connectivity index (χ2v) is 9.68. The van der Waals surface area contributed by atoms with Gasteiger partial charge in [0.15, 0.2) is 0 Å². The topological polar surface area (TPSA) is 78.1 Å². The molecular formula is C28H29BrN4O2. The van der Waals surface area contributed by atoms with Crippen molar-refractivity contribution in [3.8, 4) is 11.1 Å². The highest BCUT2D eigenvalue weighted by Gasteiger charge is 2.26. The molecule has 35 heavy (non-hydrogen) atoms. The van der Waals surface area contributed by atoms with Crippen molar-refractivity contribution in [1.29, 1.82) is 0 Å². The first-order chi connectivity index (χ1) is 16.9. The number of aromatic nitrogens is 2. The SMILES string of the molecule is CCCCN(C(=O)Nc1ccccc1C(C)C)c1c(-c2cccc(Br)c2)c2cccnc2[nH]c1=O. The molecule has 0 spiro atoms. The molecule has 4 aromatic rings. The van der Waals surface area contributed by atoms with Gasteiger partial charge in [-0.15, -0.1) is 0 Å². The Balaban J connectivity index is 1.91. The lowest BCUT2D eigenvalue weighted by atomic mass is 10.00. The Labute approximate surface area is 213 Å². The number of benzene rings is 2. The fourth-order valence-electron chi connectivity index (χ4n) is 4.24. The third kappa shape index (κ3) is 5.30. The van der Waals surface area contributed by atoms with Crippen molar-refractivity contribution >= 4 is 44.4 Å². The van der Waals surface area contributed by atoms with Crippen molar-refractivity contribution < 1.29 is 4.79 Å². The van der Waals surface area contributed by atoms with Crippen molar-refractivity contribution in [3.05, 3.63) is 87.3 Å². The van der Waals surface area contributed by atoms with Crippen LogP contribution in [0, 0.1) is 0 Å². The van der Waals surface area contributed by atoms with E-state index in [4.69, 9.17) is 0 Å². The summed E-state index contributed by atoms with van der Waals surface area (Å²) in [7, 11) is 0. The molecule has 0 radical (unpaired) electrons. The number of carbonyl (C=O) groups is 1. The van der Waals surface area contributed by atoms with Crippen molar-refractivity contribution in [3.63, 3.8) is 0 Å². The minimum absolute atomic E-state index is 0.239. The minimum Gasteiger partial charge on any atom is -0.307 e. The van der Waals surface area contributed by atoms with E-state index in [9.17, 15) is 9.59 Å². The van der Waals surface area contributed by atoms with Crippen molar-refractivity contribution in [1.82, 2.24) is 9.97 Å². The fraction of sp³-hybridized carbons (Fsp3) is 0.250. The van der Waals surface area contributed by atoms with E-state index >= 15 is 0 Å². The van der Waals surface area contributed by atoms with Crippen LogP contribution < -0.4 is 15.8 Å². The molecule has 0 atom stereocenters. The van der Waals surface area contributed by atoms with Crippen LogP contribution in [0.1, 0.15) is 45.1 Å². The Bertz CT molecular complexity index is 1410. The van der Waals surface area contributed by atoms with Gasteiger partial charge in [0, 0.05) is 33.9 Å². The summed E-state index contributed by atoms with van der Waals surface area (Å²) in [6, 6.07) is 18.9. The molecule has 0 saturated carbocycles. The molecule has 0 aliphatic rings. The van der Waals surface area contributed by atoms with Gasteiger partial charge in [0.1, 0.15) is 11.3 Å². The number of nitrogens with zero attached hydrogens (tertiary/aromatic N) is 2. The fourth-order valence-corrected chi connectivity index (χ4v) is 4.64. The number of H-pyrrole nitrogens is 1. The van der Waals surface area contributed by atoms with Gasteiger partial charge in [-0.25, -0.2) is 9.78 Å². The van der Waals surface area contributed by atoms with Gasteiger partial charge >= 0.3 is 6.03 Å². The number of unbranched alkanes of at least 4 members (excludes halogenated alkanes) is 1. The smallest absolute Gasteiger partial charge is 0.307 e. The molecule has 0 unspecified atom stereocenters. The number of aromatic amines is 1. The van der Waals surface area contributed by atoms with Crippen LogP contribution in [0.5, 0.6) is 0 Å². The molecular weight excluding hydrogens is 504 g/mol. The van der Waals surface area contributed by atoms with Crippen LogP contribution in [0.25, 0.3) is 22.2 Å². The number of pyridine rings is 2. The summed E-state index contributed by atoms with van der Waals surface area (Å²) >= 11 is 3.55. The maximum Gasteiger partial charge on any atom is 0.326 e. The van der Waals surface area contributed by atoms with Crippen molar-refractivity contribution in [2.75, 3.05) is 16.8 Å². The van der Waals surface area contributed by atoms with Gasteiger partial charge in [-0.2, -0.15) is 0 Å². The largest absolute Gasteiger partial charge is 0.326 e. The maximum atomic E-state index is 13.8. The number of anilines is 2. The average molecular weight is 533 g/mol. The summed E-state index contributed by atoms with van der Waals surface area (Å²) in [5.41, 5.74) is 3.75. The molecule has 2 N–H and O–H groups in total. The Morgan fingerprint density at radius 3 is 2.66 bits per heavy atom. The Morgan fingerprint density at radius 1 is 1.11 bits per heavy atom. The predicted octanol–water partition coefficient (Wildman–Crippen LogP) is 7.31. The van der Waals surface area contributed by atoms with Gasteiger partial charge in [0.25, 0.3) is 5.56 Å². The first-order valence-electron chi connectivity index (χ1n) is 11.8. The predicted molar refractivity (Wildman–Crippen MR) is 147 cm³/mol. The first-order valence-corrected chi connectivity index (χ1v) is 12.6. The van der Waals surface area contributed by atoms with Gasteiger partial charge in [-0.3, -0.25) is 9.69 Å². The molecule has 2 heterocycles. The van der Waals surface area contributed by atoms with E-state index in [1.165, 1.54) is 0 Å². The number of para-hydroxylation sites is 1. The van der Waals surface area contributed by atoms with Crippen LogP contribution in [-0.2, 0) is 0 Å². The second kappa shape index (κ2) is 10.9. The molecule has 0 aliphatic heterocycles. The number of nitrogens with one attached hydrogen (secondary N) is 2. The van der Waals surface area contributed by atoms with E-state index in [1.807, 2.05) is 60.7 Å². The normalized spacial score (nSPS) is 11.1. The number of halogens is 1. The Kier molecular flexibility index (Phi) is 7.66. The average Bonchev–Trinajstić information content (AvgIpc) is 2.84. The molecule has 7 heteroatoms. The van der Waals surface area contributed by atoms with E-state index in [0.29, 0.717) is 23.4 Å². The summed E-state index contributed by atoms with van der Waals surface area (Å²) in [5.74, 6) is 0.239. The Morgan fingerprint density at radius 2 is 1.91 bits per heavy atom. The molecule has 6 nitrogen and oxygen atoms in total. The van der Waals surface area contributed by atoms with E-state index in [-0.39, 0.29) is 17.5 Å². The lowest BCUT2D eigenvalue weighted by Crippen LogP contribution is -2.40. The van der Waals surface area contributed by atoms with Crippen LogP contribution in [-0.4, -0.2) is 22.5 Å². The highest BCUT2D eigenvalue weighted by Crippen LogP contribution is 2.35. The Hall–Kier alpha value is -3.45. The summed E-state index contributed by atoms with van der Waals surface area (Å²) in [5, 5.41) is 3.85. The zero-order valence-electron chi connectivity index (χ0n) is 20.1. The standard InChI is InChI=1S/C28H29BrN4O2/c1-4-5-16-33(28(35)31-23-14-7-6-12-21(23)18(2)3)25-24(19-10-8-11-20(29)17-19)22-13-9-15-30-26(22)32-27(25)34/h6-15,17-18H,4-5,16H2,1-3H3,(H,31,35)(H,30,32,34). The second-order valence-electron chi connectivity index (χ2n) is 8.76. The van der Waals surface area contributed by atoms with Gasteiger partial charge in [0.2, 0.25) is 0 Å². The van der Waals surface area contributed by atoms with Crippen molar-refractivity contribution in [2.45, 2.75) is 39.5 Å². The number of carbonyl (C=O) groups excluding carboxylic acids is 1. The quantitative estimate of drug-likeness (QED) is 0.261. The lowest BCUT2D eigenvalue weighted by molar-refractivity contribution is 0.256. The van der Waals surface area contributed by atoms with Crippen molar-refractivity contribution in [2.24, 2.45) is 0 Å². The van der Waals surface area contributed by atoms with Crippen LogP contribution in [0.15, 0.2) is 76.1 Å². The molecule has 4 rings (SSSR count). The van der Waals surface area contributed by atoms with Gasteiger partial charge in [-0.05, 0) is 53.8 Å². The van der Waals surface area contributed by atoms with E-state index in [0.717, 1.165) is 39.5 Å². The van der Waals surface area contributed by atoms with Gasteiger partial charge in [-0.1, -0.05) is 73.5 Å². The molecule has 2 amide bonds. The molecule has 2 aromatic heterocycles. The zero-order chi connectivity index (χ0) is 24.9. The minimum atomic E-state index is -0.352. The number of hydrogen-bond acceptors (Lipinski definition) is 3. The van der Waals surface area contributed by atoms with Crippen LogP contribution in [0.2, 0.25) is 0 Å². The summed E-state index contributed by atoms with van der Waals surface area (Å²) < 4.78 is 0.883. The number of amides is 2. The van der Waals surface area contributed by atoms with Crippen LogP contribution >= 0.6 is 15.9 Å². The summed E-state index contributed by atoms with van der Waals surface area (Å²) in [6.07, 6.45) is 3.28. The number of fused-ring (bicyclic) bond motifs is 1. The van der Waals surface area contributed by atoms with E-state index in [2.05, 4.69) is 52.0 Å². The summed E-state index contributed by atoms with van der Waals surface area (Å²) in [6.45, 7) is 6.65. The first kappa shape index (κ1) is 24.7. The molecule has 0 bridgehead atoms. The zero-order valence-corrected chi connectivity index (χ0v) is 21.7. The third-order valence-corrected chi connectivity index (χ3v) is 6.44. The number of rotatable bonds is 7. The molecule has 180 valence electrons. The van der Waals surface area contributed by atoms with E-state index in [1.54, 1.807) is 11.1 Å². The van der Waals surface area contributed by atoms with E-state index < -0.39 is 0 Å².